The Balaban J connectivity index is 1.92. The van der Waals surface area contributed by atoms with E-state index in [2.05, 4.69) is 31.1 Å². The van der Waals surface area contributed by atoms with Crippen LogP contribution in [-0.2, 0) is 0 Å². The van der Waals surface area contributed by atoms with E-state index < -0.39 is 0 Å². The van der Waals surface area contributed by atoms with Crippen LogP contribution < -0.4 is 15.8 Å². The molecule has 0 amide bonds. The lowest BCUT2D eigenvalue weighted by molar-refractivity contribution is 0.263. The van der Waals surface area contributed by atoms with Crippen molar-refractivity contribution in [1.82, 2.24) is 4.98 Å². The molecule has 112 valence electrons. The van der Waals surface area contributed by atoms with Crippen LogP contribution in [0.1, 0.15) is 40.0 Å². The zero-order chi connectivity index (χ0) is 14.5. The quantitative estimate of drug-likeness (QED) is 0.835. The largest absolute Gasteiger partial charge is 0.476 e. The van der Waals surface area contributed by atoms with Gasteiger partial charge in [-0.05, 0) is 36.3 Å². The molecule has 1 aromatic heterocycles. The third kappa shape index (κ3) is 4.02. The molecular weight excluding hydrogens is 250 g/mol. The number of ether oxygens (including phenoxy) is 1. The first-order valence-electron chi connectivity index (χ1n) is 7.69. The van der Waals surface area contributed by atoms with Crippen LogP contribution in [0.15, 0.2) is 12.1 Å². The number of rotatable bonds is 6. The molecule has 0 radical (unpaired) electrons. The molecule has 0 spiro atoms. The van der Waals surface area contributed by atoms with Crippen LogP contribution in [0.2, 0.25) is 0 Å². The van der Waals surface area contributed by atoms with Gasteiger partial charge in [-0.3, -0.25) is 0 Å². The summed E-state index contributed by atoms with van der Waals surface area (Å²) in [6, 6.07) is 3.79. The summed E-state index contributed by atoms with van der Waals surface area (Å²) in [5, 5.41) is 3.43. The van der Waals surface area contributed by atoms with Gasteiger partial charge in [0.2, 0.25) is 5.88 Å². The van der Waals surface area contributed by atoms with Crippen LogP contribution in [0.3, 0.4) is 0 Å². The van der Waals surface area contributed by atoms with Crippen molar-refractivity contribution >= 4 is 11.5 Å². The number of nitrogens with zero attached hydrogens (tertiary/aromatic N) is 1. The van der Waals surface area contributed by atoms with Crippen LogP contribution in [0.4, 0.5) is 11.5 Å². The second kappa shape index (κ2) is 6.82. The standard InChI is InChI=1S/C16H27N3O/c1-11(2)10-20-16-14(17)7-8-15(19-16)18-9-13-6-4-5-12(13)3/h7-8,11-13H,4-6,9-10,17H2,1-3H3,(H,18,19). The SMILES string of the molecule is CC(C)COc1nc(NCC2CCCC2C)ccc1N. The number of pyridine rings is 1. The third-order valence-corrected chi connectivity index (χ3v) is 4.03. The van der Waals surface area contributed by atoms with Crippen molar-refractivity contribution in [3.63, 3.8) is 0 Å². The van der Waals surface area contributed by atoms with Gasteiger partial charge in [-0.15, -0.1) is 0 Å². The summed E-state index contributed by atoms with van der Waals surface area (Å²) in [6.45, 7) is 8.19. The van der Waals surface area contributed by atoms with E-state index in [4.69, 9.17) is 10.5 Å². The van der Waals surface area contributed by atoms with Crippen molar-refractivity contribution in [2.45, 2.75) is 40.0 Å². The van der Waals surface area contributed by atoms with Crippen LogP contribution in [0.25, 0.3) is 0 Å². The van der Waals surface area contributed by atoms with Gasteiger partial charge in [-0.1, -0.05) is 33.6 Å². The number of aromatic nitrogens is 1. The first-order valence-corrected chi connectivity index (χ1v) is 7.69. The summed E-state index contributed by atoms with van der Waals surface area (Å²) in [5.41, 5.74) is 6.50. The average Bonchev–Trinajstić information content (AvgIpc) is 2.81. The second-order valence-corrected chi connectivity index (χ2v) is 6.34. The van der Waals surface area contributed by atoms with E-state index in [1.54, 1.807) is 0 Å². The smallest absolute Gasteiger partial charge is 0.239 e. The molecule has 4 heteroatoms. The Labute approximate surface area is 122 Å². The number of nitrogens with one attached hydrogen (secondary N) is 1. The topological polar surface area (TPSA) is 60.2 Å². The highest BCUT2D eigenvalue weighted by Gasteiger charge is 2.22. The molecule has 0 bridgehead atoms. The van der Waals surface area contributed by atoms with Crippen molar-refractivity contribution in [3.8, 4) is 5.88 Å². The van der Waals surface area contributed by atoms with Gasteiger partial charge in [0.1, 0.15) is 5.82 Å². The first-order chi connectivity index (χ1) is 9.56. The van der Waals surface area contributed by atoms with E-state index in [1.807, 2.05) is 12.1 Å². The highest BCUT2D eigenvalue weighted by atomic mass is 16.5. The van der Waals surface area contributed by atoms with E-state index in [0.29, 0.717) is 24.1 Å². The Bertz CT molecular complexity index is 434. The molecule has 4 nitrogen and oxygen atoms in total. The second-order valence-electron chi connectivity index (χ2n) is 6.34. The van der Waals surface area contributed by atoms with E-state index in [-0.39, 0.29) is 0 Å². The molecule has 1 heterocycles. The van der Waals surface area contributed by atoms with Crippen LogP contribution in [0.5, 0.6) is 5.88 Å². The minimum atomic E-state index is 0.465. The lowest BCUT2D eigenvalue weighted by Gasteiger charge is -2.17. The molecule has 3 N–H and O–H groups in total. The third-order valence-electron chi connectivity index (χ3n) is 4.03. The fraction of sp³-hybridized carbons (Fsp3) is 0.688. The maximum absolute atomic E-state index is 5.90. The van der Waals surface area contributed by atoms with Crippen molar-refractivity contribution in [1.29, 1.82) is 0 Å². The van der Waals surface area contributed by atoms with E-state index in [1.165, 1.54) is 19.3 Å². The molecule has 2 atom stereocenters. The Kier molecular flexibility index (Phi) is 5.10. The molecule has 2 unspecified atom stereocenters. The fourth-order valence-electron chi connectivity index (χ4n) is 2.67. The van der Waals surface area contributed by atoms with Crippen LogP contribution in [-0.4, -0.2) is 18.1 Å². The number of anilines is 2. The molecule has 1 fully saturated rings. The predicted octanol–water partition coefficient (Wildman–Crippen LogP) is 3.55. The van der Waals surface area contributed by atoms with Crippen molar-refractivity contribution in [2.75, 3.05) is 24.2 Å². The van der Waals surface area contributed by atoms with Gasteiger partial charge in [-0.2, -0.15) is 4.98 Å². The minimum Gasteiger partial charge on any atom is -0.476 e. The Morgan fingerprint density at radius 1 is 1.40 bits per heavy atom. The summed E-state index contributed by atoms with van der Waals surface area (Å²) in [6.07, 6.45) is 4.02. The number of nitrogens with two attached hydrogens (primary N) is 1. The van der Waals surface area contributed by atoms with Crippen LogP contribution >= 0.6 is 0 Å². The predicted molar refractivity (Wildman–Crippen MR) is 84.0 cm³/mol. The highest BCUT2D eigenvalue weighted by molar-refractivity contribution is 5.53. The summed E-state index contributed by atoms with van der Waals surface area (Å²) >= 11 is 0. The van der Waals surface area contributed by atoms with Gasteiger partial charge in [0, 0.05) is 6.54 Å². The molecule has 1 aliphatic carbocycles. The van der Waals surface area contributed by atoms with Crippen molar-refractivity contribution < 1.29 is 4.74 Å². The van der Waals surface area contributed by atoms with Crippen LogP contribution in [0, 0.1) is 17.8 Å². The number of hydrogen-bond donors (Lipinski definition) is 2. The average molecular weight is 277 g/mol. The monoisotopic (exact) mass is 277 g/mol. The van der Waals surface area contributed by atoms with Gasteiger partial charge in [0.25, 0.3) is 0 Å². The number of nitrogen functional groups attached to an aromatic ring is 1. The molecular formula is C16H27N3O. The zero-order valence-electron chi connectivity index (χ0n) is 12.9. The highest BCUT2D eigenvalue weighted by Crippen LogP contribution is 2.31. The van der Waals surface area contributed by atoms with Gasteiger partial charge < -0.3 is 15.8 Å². The Hall–Kier alpha value is -1.45. The van der Waals surface area contributed by atoms with E-state index >= 15 is 0 Å². The molecule has 1 aliphatic rings. The summed E-state index contributed by atoms with van der Waals surface area (Å²) in [7, 11) is 0. The molecule has 0 aromatic carbocycles. The van der Waals surface area contributed by atoms with Gasteiger partial charge in [-0.25, -0.2) is 0 Å². The maximum atomic E-state index is 5.90. The lowest BCUT2D eigenvalue weighted by Crippen LogP contribution is -2.17. The number of hydrogen-bond acceptors (Lipinski definition) is 4. The Morgan fingerprint density at radius 2 is 2.20 bits per heavy atom. The Morgan fingerprint density at radius 3 is 2.85 bits per heavy atom. The summed E-state index contributed by atoms with van der Waals surface area (Å²) < 4.78 is 5.66. The van der Waals surface area contributed by atoms with Gasteiger partial charge in [0.15, 0.2) is 0 Å². The van der Waals surface area contributed by atoms with Gasteiger partial charge in [0.05, 0.1) is 12.3 Å². The molecule has 1 saturated carbocycles. The summed E-state index contributed by atoms with van der Waals surface area (Å²) in [4.78, 5) is 4.47. The van der Waals surface area contributed by atoms with E-state index in [9.17, 15) is 0 Å². The molecule has 20 heavy (non-hydrogen) atoms. The first kappa shape index (κ1) is 14.9. The zero-order valence-corrected chi connectivity index (χ0v) is 12.9. The minimum absolute atomic E-state index is 0.465. The maximum Gasteiger partial charge on any atom is 0.239 e. The van der Waals surface area contributed by atoms with Crippen molar-refractivity contribution in [2.24, 2.45) is 17.8 Å². The summed E-state index contributed by atoms with van der Waals surface area (Å²) in [5.74, 6) is 3.44. The molecule has 0 aliphatic heterocycles. The van der Waals surface area contributed by atoms with Crippen molar-refractivity contribution in [3.05, 3.63) is 12.1 Å². The molecule has 1 aromatic rings. The molecule has 2 rings (SSSR count). The lowest BCUT2D eigenvalue weighted by atomic mass is 9.98. The molecule has 0 saturated heterocycles. The van der Waals surface area contributed by atoms with Gasteiger partial charge >= 0.3 is 0 Å². The fourth-order valence-corrected chi connectivity index (χ4v) is 2.67. The normalized spacial score (nSPS) is 22.2. The van der Waals surface area contributed by atoms with E-state index in [0.717, 1.165) is 24.2 Å².